The number of ether oxygens (including phenoxy) is 2. The van der Waals surface area contributed by atoms with E-state index in [-0.39, 0.29) is 6.10 Å². The van der Waals surface area contributed by atoms with Crippen LogP contribution in [-0.4, -0.2) is 25.9 Å². The number of hydrogen-bond donors (Lipinski definition) is 1. The van der Waals surface area contributed by atoms with Crippen LogP contribution in [0.4, 0.5) is 0 Å². The number of rotatable bonds is 7. The summed E-state index contributed by atoms with van der Waals surface area (Å²) in [5.41, 5.74) is 1.28. The zero-order valence-electron chi connectivity index (χ0n) is 10.6. The van der Waals surface area contributed by atoms with E-state index in [4.69, 9.17) is 9.47 Å². The molecule has 0 amide bonds. The van der Waals surface area contributed by atoms with Gasteiger partial charge in [-0.25, -0.2) is 0 Å². The minimum absolute atomic E-state index is 0.128. The van der Waals surface area contributed by atoms with Crippen LogP contribution in [-0.2, 0) is 11.3 Å². The maximum atomic E-state index is 5.67. The normalized spacial score (nSPS) is 16.8. The highest BCUT2D eigenvalue weighted by atomic mass is 16.5. The molecule has 3 heteroatoms. The van der Waals surface area contributed by atoms with Gasteiger partial charge in [-0.1, -0.05) is 12.1 Å². The van der Waals surface area contributed by atoms with Crippen molar-refractivity contribution in [2.75, 3.05) is 13.7 Å². The number of hydrogen-bond acceptors (Lipinski definition) is 3. The van der Waals surface area contributed by atoms with Crippen molar-refractivity contribution >= 4 is 0 Å². The Bertz CT molecular complexity index is 350. The molecule has 2 rings (SSSR count). The van der Waals surface area contributed by atoms with Crippen molar-refractivity contribution in [3.63, 3.8) is 0 Å². The van der Waals surface area contributed by atoms with Gasteiger partial charge < -0.3 is 14.8 Å². The van der Waals surface area contributed by atoms with Gasteiger partial charge in [0.25, 0.3) is 0 Å². The molecule has 94 valence electrons. The molecule has 1 unspecified atom stereocenters. The molecule has 1 aliphatic carbocycles. The molecule has 0 aliphatic heterocycles. The van der Waals surface area contributed by atoms with Gasteiger partial charge in [-0.05, 0) is 37.5 Å². The summed E-state index contributed by atoms with van der Waals surface area (Å²) in [7, 11) is 1.70. The average Bonchev–Trinajstić information content (AvgIpc) is 3.18. The van der Waals surface area contributed by atoms with Crippen LogP contribution in [0.15, 0.2) is 24.3 Å². The first-order valence-corrected chi connectivity index (χ1v) is 6.26. The standard InChI is InChI=1S/C14H21NO2/c1-11(16-2)10-17-14-5-3-4-12(8-14)9-15-13-6-7-13/h3-5,8,11,13,15H,6-7,9-10H2,1-2H3. The molecule has 1 fully saturated rings. The Kier molecular flexibility index (Phi) is 4.40. The van der Waals surface area contributed by atoms with Gasteiger partial charge >= 0.3 is 0 Å². The van der Waals surface area contributed by atoms with Gasteiger partial charge in [0.2, 0.25) is 0 Å². The van der Waals surface area contributed by atoms with Crippen LogP contribution in [0.3, 0.4) is 0 Å². The molecule has 1 aliphatic rings. The van der Waals surface area contributed by atoms with Crippen LogP contribution in [0.1, 0.15) is 25.3 Å². The molecule has 1 aromatic rings. The Balaban J connectivity index is 1.82. The van der Waals surface area contributed by atoms with E-state index >= 15 is 0 Å². The minimum atomic E-state index is 0.128. The summed E-state index contributed by atoms with van der Waals surface area (Å²) in [6.45, 7) is 3.52. The van der Waals surface area contributed by atoms with Gasteiger partial charge in [0.15, 0.2) is 0 Å². The molecule has 1 aromatic carbocycles. The number of nitrogens with one attached hydrogen (secondary N) is 1. The summed E-state index contributed by atoms with van der Waals surface area (Å²) in [6, 6.07) is 8.99. The van der Waals surface area contributed by atoms with Crippen LogP contribution in [0.25, 0.3) is 0 Å². The highest BCUT2D eigenvalue weighted by Gasteiger charge is 2.19. The fraction of sp³-hybridized carbons (Fsp3) is 0.571. The van der Waals surface area contributed by atoms with E-state index in [1.54, 1.807) is 7.11 Å². The summed E-state index contributed by atoms with van der Waals surface area (Å²) in [4.78, 5) is 0. The average molecular weight is 235 g/mol. The maximum absolute atomic E-state index is 5.67. The number of benzene rings is 1. The maximum Gasteiger partial charge on any atom is 0.119 e. The summed E-state index contributed by atoms with van der Waals surface area (Å²) in [6.07, 6.45) is 2.77. The highest BCUT2D eigenvalue weighted by Crippen LogP contribution is 2.20. The summed E-state index contributed by atoms with van der Waals surface area (Å²) < 4.78 is 10.8. The fourth-order valence-electron chi connectivity index (χ4n) is 1.58. The van der Waals surface area contributed by atoms with Crippen LogP contribution < -0.4 is 10.1 Å². The second-order valence-electron chi connectivity index (χ2n) is 4.66. The van der Waals surface area contributed by atoms with Crippen LogP contribution in [0.2, 0.25) is 0 Å². The van der Waals surface area contributed by atoms with Crippen molar-refractivity contribution in [3.05, 3.63) is 29.8 Å². The van der Waals surface area contributed by atoms with Crippen LogP contribution >= 0.6 is 0 Å². The van der Waals surface area contributed by atoms with E-state index in [2.05, 4.69) is 17.4 Å². The molecule has 1 N–H and O–H groups in total. The lowest BCUT2D eigenvalue weighted by Gasteiger charge is -2.12. The van der Waals surface area contributed by atoms with Crippen molar-refractivity contribution < 1.29 is 9.47 Å². The molecule has 0 radical (unpaired) electrons. The zero-order valence-corrected chi connectivity index (χ0v) is 10.6. The lowest BCUT2D eigenvalue weighted by molar-refractivity contribution is 0.0716. The Hall–Kier alpha value is -1.06. The molecular weight excluding hydrogens is 214 g/mol. The largest absolute Gasteiger partial charge is 0.491 e. The Morgan fingerprint density at radius 2 is 2.24 bits per heavy atom. The predicted molar refractivity (Wildman–Crippen MR) is 68.3 cm³/mol. The first kappa shape index (κ1) is 12.4. The van der Waals surface area contributed by atoms with Gasteiger partial charge in [-0.2, -0.15) is 0 Å². The monoisotopic (exact) mass is 235 g/mol. The number of methoxy groups -OCH3 is 1. The van der Waals surface area contributed by atoms with E-state index in [9.17, 15) is 0 Å². The van der Waals surface area contributed by atoms with E-state index < -0.39 is 0 Å². The van der Waals surface area contributed by atoms with Gasteiger partial charge in [-0.15, -0.1) is 0 Å². The second kappa shape index (κ2) is 6.03. The van der Waals surface area contributed by atoms with Gasteiger partial charge in [0.05, 0.1) is 6.10 Å². The van der Waals surface area contributed by atoms with Gasteiger partial charge in [-0.3, -0.25) is 0 Å². The van der Waals surface area contributed by atoms with Crippen LogP contribution in [0, 0.1) is 0 Å². The predicted octanol–water partition coefficient (Wildman–Crippen LogP) is 2.35. The van der Waals surface area contributed by atoms with Gasteiger partial charge in [0, 0.05) is 19.7 Å². The topological polar surface area (TPSA) is 30.5 Å². The van der Waals surface area contributed by atoms with Crippen LogP contribution in [0.5, 0.6) is 5.75 Å². The molecule has 1 saturated carbocycles. The third-order valence-corrected chi connectivity index (χ3v) is 2.96. The highest BCUT2D eigenvalue weighted by molar-refractivity contribution is 5.28. The molecule has 1 atom stereocenters. The van der Waals surface area contributed by atoms with Crippen molar-refractivity contribution in [2.24, 2.45) is 0 Å². The van der Waals surface area contributed by atoms with Crippen molar-refractivity contribution in [1.29, 1.82) is 0 Å². The minimum Gasteiger partial charge on any atom is -0.491 e. The summed E-state index contributed by atoms with van der Waals surface area (Å²) in [5, 5.41) is 3.50. The third-order valence-electron chi connectivity index (χ3n) is 2.96. The lowest BCUT2D eigenvalue weighted by atomic mass is 10.2. The van der Waals surface area contributed by atoms with Gasteiger partial charge in [0.1, 0.15) is 12.4 Å². The second-order valence-corrected chi connectivity index (χ2v) is 4.66. The summed E-state index contributed by atoms with van der Waals surface area (Å²) >= 11 is 0. The van der Waals surface area contributed by atoms with Crippen molar-refractivity contribution in [2.45, 2.75) is 38.5 Å². The van der Waals surface area contributed by atoms with Crippen molar-refractivity contribution in [3.8, 4) is 5.75 Å². The molecule has 0 aromatic heterocycles. The smallest absolute Gasteiger partial charge is 0.119 e. The molecule has 0 bridgehead atoms. The molecule has 0 saturated heterocycles. The molecule has 0 heterocycles. The molecular formula is C14H21NO2. The lowest BCUT2D eigenvalue weighted by Crippen LogP contribution is -2.17. The van der Waals surface area contributed by atoms with E-state index in [1.165, 1.54) is 18.4 Å². The van der Waals surface area contributed by atoms with Crippen molar-refractivity contribution in [1.82, 2.24) is 5.32 Å². The molecule has 3 nitrogen and oxygen atoms in total. The third kappa shape index (κ3) is 4.36. The van der Waals surface area contributed by atoms with E-state index in [0.29, 0.717) is 6.61 Å². The summed E-state index contributed by atoms with van der Waals surface area (Å²) in [5.74, 6) is 0.920. The first-order valence-electron chi connectivity index (χ1n) is 6.26. The SMILES string of the molecule is COC(C)COc1cccc(CNC2CC2)c1. The first-order chi connectivity index (χ1) is 8.28. The van der Waals surface area contributed by atoms with E-state index in [0.717, 1.165) is 18.3 Å². The Morgan fingerprint density at radius 1 is 1.41 bits per heavy atom. The zero-order chi connectivity index (χ0) is 12.1. The fourth-order valence-corrected chi connectivity index (χ4v) is 1.58. The van der Waals surface area contributed by atoms with E-state index in [1.807, 2.05) is 19.1 Å². The molecule has 0 spiro atoms. The Labute approximate surface area is 103 Å². The Morgan fingerprint density at radius 3 is 2.94 bits per heavy atom. The molecule has 17 heavy (non-hydrogen) atoms. The quantitative estimate of drug-likeness (QED) is 0.787.